The van der Waals surface area contributed by atoms with Crippen molar-refractivity contribution in [3.8, 4) is 0 Å². The van der Waals surface area contributed by atoms with Gasteiger partial charge in [-0.05, 0) is 6.07 Å². The van der Waals surface area contributed by atoms with Gasteiger partial charge in [0.1, 0.15) is 9.07 Å². The lowest BCUT2D eigenvalue weighted by Crippen LogP contribution is -2.39. The molecule has 0 aliphatic carbocycles. The highest BCUT2D eigenvalue weighted by atomic mass is 32.2. The van der Waals surface area contributed by atoms with E-state index in [2.05, 4.69) is 5.32 Å². The number of benzene rings is 1. The van der Waals surface area contributed by atoms with Crippen LogP contribution in [0.3, 0.4) is 0 Å². The maximum atomic E-state index is 12.4. The minimum atomic E-state index is -0.649. The normalized spacial score (nSPS) is 26.5. The number of anilines is 1. The summed E-state index contributed by atoms with van der Waals surface area (Å²) >= 11 is 6.52. The summed E-state index contributed by atoms with van der Waals surface area (Å²) in [6.07, 6.45) is 0. The van der Waals surface area contributed by atoms with Crippen molar-refractivity contribution in [2.75, 3.05) is 18.7 Å². The molecule has 1 amide bonds. The maximum Gasteiger partial charge on any atom is 0.273 e. The van der Waals surface area contributed by atoms with Gasteiger partial charge in [-0.2, -0.15) is 5.06 Å². The molecule has 1 atom stereocenters. The highest BCUT2D eigenvalue weighted by Gasteiger charge is 2.55. The Morgan fingerprint density at radius 1 is 1.53 bits per heavy atom. The van der Waals surface area contributed by atoms with Crippen molar-refractivity contribution < 1.29 is 9.63 Å². The zero-order valence-corrected chi connectivity index (χ0v) is 10.7. The van der Waals surface area contributed by atoms with Gasteiger partial charge in [-0.3, -0.25) is 9.63 Å². The van der Waals surface area contributed by atoms with Crippen LogP contribution in [0.1, 0.15) is 5.56 Å². The van der Waals surface area contributed by atoms with Crippen LogP contribution >= 0.6 is 24.0 Å². The van der Waals surface area contributed by atoms with Crippen molar-refractivity contribution in [3.05, 3.63) is 29.8 Å². The van der Waals surface area contributed by atoms with Crippen molar-refractivity contribution in [1.82, 2.24) is 5.32 Å². The second kappa shape index (κ2) is 3.69. The molecule has 2 aliphatic rings. The number of nitrogens with one attached hydrogen (secondary N) is 1. The average Bonchev–Trinajstić information content (AvgIpc) is 2.83. The minimum absolute atomic E-state index is 0.0708. The third-order valence-electron chi connectivity index (χ3n) is 3.02. The monoisotopic (exact) mass is 266 g/mol. The number of thioether (sulfide) groups is 1. The number of hydrogen-bond donors (Lipinski definition) is 1. The molecule has 0 saturated carbocycles. The summed E-state index contributed by atoms with van der Waals surface area (Å²) in [5.74, 6) is -0.0708. The molecule has 0 bridgehead atoms. The molecule has 0 aromatic heterocycles. The fraction of sp³-hybridized carbons (Fsp3) is 0.273. The molecule has 1 N–H and O–H groups in total. The number of carbonyl (C=O) groups is 1. The first-order chi connectivity index (χ1) is 8.19. The molecule has 6 heteroatoms. The number of nitrogens with zero attached hydrogens (tertiary/aromatic N) is 1. The van der Waals surface area contributed by atoms with E-state index in [4.69, 9.17) is 17.1 Å². The van der Waals surface area contributed by atoms with E-state index in [0.717, 1.165) is 11.3 Å². The summed E-state index contributed by atoms with van der Waals surface area (Å²) < 4.78 is 0.00931. The molecule has 2 heterocycles. The highest BCUT2D eigenvalue weighted by molar-refractivity contribution is 8.24. The van der Waals surface area contributed by atoms with Crippen LogP contribution in [-0.2, 0) is 14.4 Å². The van der Waals surface area contributed by atoms with E-state index in [0.29, 0.717) is 10.9 Å². The fourth-order valence-corrected chi connectivity index (χ4v) is 3.82. The van der Waals surface area contributed by atoms with Crippen LogP contribution in [0, 0.1) is 0 Å². The number of hydrogen-bond acceptors (Lipinski definition) is 4. The number of fused-ring (bicyclic) bond motifs is 2. The quantitative estimate of drug-likeness (QED) is 0.778. The summed E-state index contributed by atoms with van der Waals surface area (Å²) in [5, 5.41) is 4.40. The molecule has 17 heavy (non-hydrogen) atoms. The van der Waals surface area contributed by atoms with Crippen LogP contribution in [0.15, 0.2) is 24.3 Å². The molecule has 3 rings (SSSR count). The van der Waals surface area contributed by atoms with Gasteiger partial charge in [0.05, 0.1) is 12.8 Å². The third-order valence-corrected chi connectivity index (χ3v) is 4.63. The lowest BCUT2D eigenvalue weighted by Gasteiger charge is -2.19. The van der Waals surface area contributed by atoms with Gasteiger partial charge < -0.3 is 5.32 Å². The maximum absolute atomic E-state index is 12.4. The van der Waals surface area contributed by atoms with E-state index in [1.165, 1.54) is 23.9 Å². The standard InChI is InChI=1S/C11H10N2O2S2/c1-15-13-8-5-3-2-4-7(8)11(9(13)14)6-12-10(16)17-11/h2-5H,6H2,1H3,(H,12,16). The zero-order valence-electron chi connectivity index (χ0n) is 9.10. The van der Waals surface area contributed by atoms with Crippen LogP contribution in [0.2, 0.25) is 0 Å². The summed E-state index contributed by atoms with van der Waals surface area (Å²) in [4.78, 5) is 17.6. The molecule has 1 aromatic carbocycles. The number of amides is 1. The lowest BCUT2D eigenvalue weighted by atomic mass is 10.00. The van der Waals surface area contributed by atoms with Gasteiger partial charge in [0.15, 0.2) is 0 Å². The SMILES string of the molecule is CON1C(=O)C2(CNC(=S)S2)c2ccccc21. The Bertz CT molecular complexity index is 520. The van der Waals surface area contributed by atoms with E-state index in [9.17, 15) is 4.79 Å². The van der Waals surface area contributed by atoms with Gasteiger partial charge in [-0.15, -0.1) is 0 Å². The van der Waals surface area contributed by atoms with Crippen LogP contribution in [-0.4, -0.2) is 23.9 Å². The van der Waals surface area contributed by atoms with E-state index < -0.39 is 4.75 Å². The summed E-state index contributed by atoms with van der Waals surface area (Å²) in [5.41, 5.74) is 1.77. The van der Waals surface area contributed by atoms with Gasteiger partial charge in [0.2, 0.25) is 0 Å². The lowest BCUT2D eigenvalue weighted by molar-refractivity contribution is -0.125. The Balaban J connectivity index is 2.19. The van der Waals surface area contributed by atoms with Gasteiger partial charge in [-0.1, -0.05) is 42.2 Å². The summed E-state index contributed by atoms with van der Waals surface area (Å²) in [6.45, 7) is 0.520. The molecular formula is C11H10N2O2S2. The molecule has 1 spiro atoms. The van der Waals surface area contributed by atoms with Crippen molar-refractivity contribution in [3.63, 3.8) is 0 Å². The van der Waals surface area contributed by atoms with Gasteiger partial charge in [-0.25, -0.2) is 0 Å². The fourth-order valence-electron chi connectivity index (χ4n) is 2.26. The van der Waals surface area contributed by atoms with Gasteiger partial charge >= 0.3 is 0 Å². The van der Waals surface area contributed by atoms with Crippen molar-refractivity contribution >= 4 is 39.9 Å². The molecule has 2 aliphatic heterocycles. The minimum Gasteiger partial charge on any atom is -0.369 e. The van der Waals surface area contributed by atoms with E-state index >= 15 is 0 Å². The largest absolute Gasteiger partial charge is 0.369 e. The molecule has 1 unspecified atom stereocenters. The Labute approximate surface area is 108 Å². The molecule has 1 fully saturated rings. The third kappa shape index (κ3) is 1.34. The summed E-state index contributed by atoms with van der Waals surface area (Å²) in [7, 11) is 1.50. The van der Waals surface area contributed by atoms with Crippen molar-refractivity contribution in [2.24, 2.45) is 0 Å². The number of hydroxylamine groups is 1. The Morgan fingerprint density at radius 3 is 2.94 bits per heavy atom. The van der Waals surface area contributed by atoms with E-state index in [-0.39, 0.29) is 5.91 Å². The zero-order chi connectivity index (χ0) is 12.0. The second-order valence-corrected chi connectivity index (χ2v) is 5.85. The second-order valence-electron chi connectivity index (χ2n) is 3.87. The van der Waals surface area contributed by atoms with Gasteiger partial charge in [0.25, 0.3) is 5.91 Å². The number of thiocarbonyl (C=S) groups is 1. The molecule has 0 radical (unpaired) electrons. The first kappa shape index (κ1) is 11.0. The predicted molar refractivity (Wildman–Crippen MR) is 70.8 cm³/mol. The smallest absolute Gasteiger partial charge is 0.273 e. The molecule has 88 valence electrons. The number of carbonyl (C=O) groups excluding carboxylic acids is 1. The molecular weight excluding hydrogens is 256 g/mol. The van der Waals surface area contributed by atoms with Crippen LogP contribution < -0.4 is 10.4 Å². The van der Waals surface area contributed by atoms with Crippen molar-refractivity contribution in [2.45, 2.75) is 4.75 Å². The number of rotatable bonds is 1. The van der Waals surface area contributed by atoms with Crippen molar-refractivity contribution in [1.29, 1.82) is 0 Å². The Morgan fingerprint density at radius 2 is 2.29 bits per heavy atom. The first-order valence-electron chi connectivity index (χ1n) is 5.14. The molecule has 1 aromatic rings. The Hall–Kier alpha value is -1.11. The number of para-hydroxylation sites is 1. The topological polar surface area (TPSA) is 41.6 Å². The van der Waals surface area contributed by atoms with E-state index in [1.54, 1.807) is 0 Å². The molecule has 4 nitrogen and oxygen atoms in total. The average molecular weight is 266 g/mol. The Kier molecular flexibility index (Phi) is 2.39. The van der Waals surface area contributed by atoms with Gasteiger partial charge in [0, 0.05) is 12.1 Å². The predicted octanol–water partition coefficient (Wildman–Crippen LogP) is 1.41. The van der Waals surface area contributed by atoms with E-state index in [1.807, 2.05) is 24.3 Å². The summed E-state index contributed by atoms with van der Waals surface area (Å²) in [6, 6.07) is 7.65. The molecule has 1 saturated heterocycles. The highest BCUT2D eigenvalue weighted by Crippen LogP contribution is 2.51. The van der Waals surface area contributed by atoms with Crippen LogP contribution in [0.25, 0.3) is 0 Å². The van der Waals surface area contributed by atoms with Crippen LogP contribution in [0.4, 0.5) is 5.69 Å². The first-order valence-corrected chi connectivity index (χ1v) is 6.36. The van der Waals surface area contributed by atoms with Crippen LogP contribution in [0.5, 0.6) is 0 Å².